The van der Waals surface area contributed by atoms with Gasteiger partial charge in [-0.1, -0.05) is 281 Å². The molecule has 0 aliphatic carbocycles. The molecule has 0 aromatic rings. The van der Waals surface area contributed by atoms with Gasteiger partial charge in [0.1, 0.15) is 13.2 Å². The molecular weight excluding hydrogens is 997 g/mol. The summed E-state index contributed by atoms with van der Waals surface area (Å²) in [4.78, 5) is 38.2. The Hall–Kier alpha value is -5.23. The van der Waals surface area contributed by atoms with Crippen molar-refractivity contribution in [2.24, 2.45) is 0 Å². The third-order valence-corrected chi connectivity index (χ3v) is 13.2. The van der Waals surface area contributed by atoms with E-state index < -0.39 is 6.10 Å². The van der Waals surface area contributed by atoms with Crippen molar-refractivity contribution in [2.75, 3.05) is 13.2 Å². The average Bonchev–Trinajstić information content (AvgIpc) is 3.47. The maximum Gasteiger partial charge on any atom is 0.306 e. The average molecular weight is 1120 g/mol. The van der Waals surface area contributed by atoms with E-state index in [9.17, 15) is 14.4 Å². The second-order valence-electron chi connectivity index (χ2n) is 20.9. The van der Waals surface area contributed by atoms with Crippen molar-refractivity contribution in [3.8, 4) is 0 Å². The predicted molar refractivity (Wildman–Crippen MR) is 352 cm³/mol. The smallest absolute Gasteiger partial charge is 0.306 e. The Balaban J connectivity index is 4.37. The number of carbonyl (C=O) groups is 3. The molecule has 0 aromatic heterocycles. The first-order valence-electron chi connectivity index (χ1n) is 32.6. The number of hydrogen-bond donors (Lipinski definition) is 0. The summed E-state index contributed by atoms with van der Waals surface area (Å²) >= 11 is 0. The van der Waals surface area contributed by atoms with Gasteiger partial charge in [0.05, 0.1) is 0 Å². The third kappa shape index (κ3) is 65.5. The predicted octanol–water partition coefficient (Wildman–Crippen LogP) is 22.7. The highest BCUT2D eigenvalue weighted by molar-refractivity contribution is 5.71. The van der Waals surface area contributed by atoms with E-state index >= 15 is 0 Å². The molecule has 1 atom stereocenters. The molecule has 0 aliphatic heterocycles. The maximum absolute atomic E-state index is 12.9. The number of rotatable bonds is 57. The lowest BCUT2D eigenvalue weighted by Crippen LogP contribution is -2.30. The molecule has 0 aromatic carbocycles. The standard InChI is InChI=1S/C75H118O6/c1-4-7-10-13-16-19-21-23-25-27-29-31-33-35-37-39-41-43-45-47-49-51-53-56-59-62-65-68-74(77)80-71-72(70-79-73(76)67-64-61-58-55-18-15-12-9-6-3)81-75(78)69-66-63-60-57-54-52-50-48-46-44-42-40-38-36-34-32-30-28-26-24-22-20-17-14-11-8-5-2/h7-8,10-11,16-17,19-20,23-26,29-32,35-38,41-44,47,49,53,56,72H,4-6,9,12-15,18,21-22,27-28,33-34,39-40,45-46,48,50-52,54-55,57-71H2,1-3H3/b10-7-,11-8-,19-16-,20-17-,25-23-,26-24-,31-29-,32-30-,37-35-,38-36-,43-41-,44-42-,49-47-,56-53-. The molecule has 0 aliphatic rings. The lowest BCUT2D eigenvalue weighted by molar-refractivity contribution is -0.167. The first kappa shape index (κ1) is 75.8. The van der Waals surface area contributed by atoms with Crippen LogP contribution in [0.3, 0.4) is 0 Å². The fraction of sp³-hybridized carbons (Fsp3) is 0.587. The van der Waals surface area contributed by atoms with E-state index in [1.807, 2.05) is 0 Å². The summed E-state index contributed by atoms with van der Waals surface area (Å²) in [5.74, 6) is -0.963. The van der Waals surface area contributed by atoms with E-state index in [0.717, 1.165) is 148 Å². The molecule has 0 saturated carbocycles. The van der Waals surface area contributed by atoms with Crippen LogP contribution in [0.1, 0.15) is 265 Å². The number of carbonyl (C=O) groups excluding carboxylic acids is 3. The van der Waals surface area contributed by atoms with Crippen LogP contribution < -0.4 is 0 Å². The summed E-state index contributed by atoms with van der Waals surface area (Å²) in [5.41, 5.74) is 0. The van der Waals surface area contributed by atoms with E-state index in [2.05, 4.69) is 191 Å². The highest BCUT2D eigenvalue weighted by Gasteiger charge is 2.19. The van der Waals surface area contributed by atoms with Gasteiger partial charge in [0.15, 0.2) is 6.10 Å². The van der Waals surface area contributed by atoms with Gasteiger partial charge in [-0.3, -0.25) is 14.4 Å². The van der Waals surface area contributed by atoms with Gasteiger partial charge in [0, 0.05) is 19.3 Å². The molecule has 0 saturated heterocycles. The van der Waals surface area contributed by atoms with Gasteiger partial charge in [-0.15, -0.1) is 0 Å². The van der Waals surface area contributed by atoms with Crippen molar-refractivity contribution >= 4 is 17.9 Å². The monoisotopic (exact) mass is 1110 g/mol. The summed E-state index contributed by atoms with van der Waals surface area (Å²) in [6.07, 6.45) is 99.4. The summed E-state index contributed by atoms with van der Waals surface area (Å²) in [6, 6.07) is 0. The fourth-order valence-corrected chi connectivity index (χ4v) is 8.40. The number of hydrogen-bond acceptors (Lipinski definition) is 6. The van der Waals surface area contributed by atoms with Crippen LogP contribution in [-0.4, -0.2) is 37.2 Å². The van der Waals surface area contributed by atoms with E-state index in [0.29, 0.717) is 25.7 Å². The van der Waals surface area contributed by atoms with Crippen LogP contribution >= 0.6 is 0 Å². The number of allylic oxidation sites excluding steroid dienone is 28. The SMILES string of the molecule is CC/C=C\C/C=C\C/C=C\C/C=C\C/C=C\C/C=C\C/C=C\C/C=C\CCCCC(=O)OCC(COC(=O)CCCCCCCCCCC)OC(=O)CCCCCCCCCC/C=C\C/C=C\C/C=C\C/C=C\C/C=C\C/C=C\CC. The van der Waals surface area contributed by atoms with Crippen LogP contribution in [0.4, 0.5) is 0 Å². The molecule has 454 valence electrons. The second-order valence-corrected chi connectivity index (χ2v) is 20.9. The van der Waals surface area contributed by atoms with Crippen molar-refractivity contribution < 1.29 is 28.6 Å². The summed E-state index contributed by atoms with van der Waals surface area (Å²) < 4.78 is 16.8. The van der Waals surface area contributed by atoms with Crippen LogP contribution in [-0.2, 0) is 28.6 Å². The van der Waals surface area contributed by atoms with Crippen LogP contribution in [0.2, 0.25) is 0 Å². The molecule has 0 amide bonds. The minimum Gasteiger partial charge on any atom is -0.462 e. The normalized spacial score (nSPS) is 13.3. The molecule has 1 unspecified atom stereocenters. The first-order chi connectivity index (χ1) is 40.0. The van der Waals surface area contributed by atoms with Crippen LogP contribution in [0.5, 0.6) is 0 Å². The Morgan fingerprint density at radius 2 is 0.481 bits per heavy atom. The molecular formula is C75H118O6. The van der Waals surface area contributed by atoms with Crippen LogP contribution in [0.25, 0.3) is 0 Å². The lowest BCUT2D eigenvalue weighted by atomic mass is 10.1. The van der Waals surface area contributed by atoms with Crippen molar-refractivity contribution in [1.29, 1.82) is 0 Å². The highest BCUT2D eigenvalue weighted by atomic mass is 16.6. The molecule has 0 radical (unpaired) electrons. The van der Waals surface area contributed by atoms with Crippen molar-refractivity contribution in [1.82, 2.24) is 0 Å². The fourth-order valence-electron chi connectivity index (χ4n) is 8.40. The van der Waals surface area contributed by atoms with Gasteiger partial charge in [-0.25, -0.2) is 0 Å². The highest BCUT2D eigenvalue weighted by Crippen LogP contribution is 2.14. The Labute approximate surface area is 498 Å². The minimum absolute atomic E-state index is 0.101. The largest absolute Gasteiger partial charge is 0.462 e. The van der Waals surface area contributed by atoms with E-state index in [4.69, 9.17) is 14.2 Å². The van der Waals surface area contributed by atoms with Gasteiger partial charge in [-0.05, 0) is 135 Å². The molecule has 6 heteroatoms. The molecule has 0 bridgehead atoms. The third-order valence-electron chi connectivity index (χ3n) is 13.2. The zero-order valence-corrected chi connectivity index (χ0v) is 52.0. The Morgan fingerprint density at radius 3 is 0.778 bits per heavy atom. The second kappa shape index (κ2) is 67.3. The topological polar surface area (TPSA) is 78.9 Å². The van der Waals surface area contributed by atoms with Crippen LogP contribution in [0.15, 0.2) is 170 Å². The number of unbranched alkanes of at least 4 members (excludes halogenated alkanes) is 18. The van der Waals surface area contributed by atoms with Gasteiger partial charge < -0.3 is 14.2 Å². The minimum atomic E-state index is -0.809. The Bertz CT molecular complexity index is 1860. The Kier molecular flexibility index (Phi) is 62.9. The first-order valence-corrected chi connectivity index (χ1v) is 32.6. The summed E-state index contributed by atoms with van der Waals surface area (Å²) in [7, 11) is 0. The molecule has 0 rings (SSSR count). The van der Waals surface area contributed by atoms with E-state index in [-0.39, 0.29) is 31.1 Å². The maximum atomic E-state index is 12.9. The molecule has 0 fully saturated rings. The summed E-state index contributed by atoms with van der Waals surface area (Å²) in [6.45, 7) is 6.34. The van der Waals surface area contributed by atoms with E-state index in [1.54, 1.807) is 0 Å². The number of esters is 3. The quantitative estimate of drug-likeness (QED) is 0.0261. The van der Waals surface area contributed by atoms with Gasteiger partial charge >= 0.3 is 17.9 Å². The molecule has 6 nitrogen and oxygen atoms in total. The van der Waals surface area contributed by atoms with Gasteiger partial charge in [0.2, 0.25) is 0 Å². The van der Waals surface area contributed by atoms with Gasteiger partial charge in [0.25, 0.3) is 0 Å². The van der Waals surface area contributed by atoms with Crippen molar-refractivity contribution in [3.05, 3.63) is 170 Å². The Morgan fingerprint density at radius 1 is 0.259 bits per heavy atom. The lowest BCUT2D eigenvalue weighted by Gasteiger charge is -2.18. The molecule has 0 heterocycles. The van der Waals surface area contributed by atoms with Crippen molar-refractivity contribution in [3.63, 3.8) is 0 Å². The molecule has 0 spiro atoms. The summed E-state index contributed by atoms with van der Waals surface area (Å²) in [5, 5.41) is 0. The zero-order valence-electron chi connectivity index (χ0n) is 52.0. The van der Waals surface area contributed by atoms with E-state index in [1.165, 1.54) is 70.6 Å². The number of ether oxygens (including phenoxy) is 3. The molecule has 0 N–H and O–H groups in total. The van der Waals surface area contributed by atoms with Crippen molar-refractivity contribution in [2.45, 2.75) is 271 Å². The zero-order chi connectivity index (χ0) is 58.5. The van der Waals surface area contributed by atoms with Crippen LogP contribution in [0, 0.1) is 0 Å². The molecule has 81 heavy (non-hydrogen) atoms. The van der Waals surface area contributed by atoms with Gasteiger partial charge in [-0.2, -0.15) is 0 Å².